The first-order chi connectivity index (χ1) is 6.79. The van der Waals surface area contributed by atoms with Gasteiger partial charge in [-0.2, -0.15) is 0 Å². The number of anilines is 1. The number of ether oxygens (including phenoxy) is 1. The molecule has 14 heavy (non-hydrogen) atoms. The lowest BCUT2D eigenvalue weighted by molar-refractivity contribution is 0.301. The molecule has 1 aromatic rings. The summed E-state index contributed by atoms with van der Waals surface area (Å²) in [6.07, 6.45) is 3.65. The van der Waals surface area contributed by atoms with Gasteiger partial charge in [-0.25, -0.2) is 0 Å². The zero-order valence-electron chi connectivity index (χ0n) is 8.62. The molecule has 0 bridgehead atoms. The fourth-order valence-electron chi connectivity index (χ4n) is 1.44. The summed E-state index contributed by atoms with van der Waals surface area (Å²) in [7, 11) is 0. The van der Waals surface area contributed by atoms with Crippen LogP contribution in [0.5, 0.6) is 5.75 Å². The monoisotopic (exact) mass is 191 g/mol. The Morgan fingerprint density at radius 1 is 1.43 bits per heavy atom. The van der Waals surface area contributed by atoms with Gasteiger partial charge in [0.05, 0.1) is 12.3 Å². The molecule has 0 amide bonds. The zero-order chi connectivity index (χ0) is 9.97. The summed E-state index contributed by atoms with van der Waals surface area (Å²) in [4.78, 5) is 0. The minimum absolute atomic E-state index is 0.769. The van der Waals surface area contributed by atoms with Crippen molar-refractivity contribution < 1.29 is 4.74 Å². The van der Waals surface area contributed by atoms with E-state index in [1.807, 2.05) is 12.1 Å². The van der Waals surface area contributed by atoms with Crippen LogP contribution in [0.25, 0.3) is 0 Å². The van der Waals surface area contributed by atoms with Crippen LogP contribution in [0.2, 0.25) is 0 Å². The van der Waals surface area contributed by atoms with E-state index in [1.165, 1.54) is 18.4 Å². The van der Waals surface area contributed by atoms with Crippen molar-refractivity contribution in [3.05, 3.63) is 23.8 Å². The van der Waals surface area contributed by atoms with Gasteiger partial charge in [0.1, 0.15) is 5.75 Å². The van der Waals surface area contributed by atoms with E-state index in [9.17, 15) is 0 Å². The summed E-state index contributed by atoms with van der Waals surface area (Å²) in [6, 6.07) is 6.07. The SMILES string of the molecule is CCc1ccc(OCC2CC2)c(N)c1. The van der Waals surface area contributed by atoms with Gasteiger partial charge in [0.2, 0.25) is 0 Å². The van der Waals surface area contributed by atoms with Gasteiger partial charge in [-0.3, -0.25) is 0 Å². The Hall–Kier alpha value is -1.18. The van der Waals surface area contributed by atoms with Crippen LogP contribution in [0.4, 0.5) is 5.69 Å². The predicted molar refractivity (Wildman–Crippen MR) is 58.5 cm³/mol. The molecule has 0 aromatic heterocycles. The van der Waals surface area contributed by atoms with Crippen molar-refractivity contribution in [2.45, 2.75) is 26.2 Å². The second-order valence-corrected chi connectivity index (χ2v) is 3.98. The van der Waals surface area contributed by atoms with E-state index < -0.39 is 0 Å². The molecule has 2 nitrogen and oxygen atoms in total. The van der Waals surface area contributed by atoms with E-state index in [2.05, 4.69) is 13.0 Å². The average molecular weight is 191 g/mol. The maximum atomic E-state index is 5.88. The summed E-state index contributed by atoms with van der Waals surface area (Å²) in [5.74, 6) is 1.62. The third-order valence-corrected chi connectivity index (χ3v) is 2.65. The summed E-state index contributed by atoms with van der Waals surface area (Å²) >= 11 is 0. The summed E-state index contributed by atoms with van der Waals surface area (Å²) in [5.41, 5.74) is 7.91. The molecule has 2 N–H and O–H groups in total. The second kappa shape index (κ2) is 3.91. The van der Waals surface area contributed by atoms with Gasteiger partial charge in [-0.05, 0) is 42.9 Å². The van der Waals surface area contributed by atoms with Crippen LogP contribution in [-0.4, -0.2) is 6.61 Å². The Kier molecular flexibility index (Phi) is 2.62. The lowest BCUT2D eigenvalue weighted by atomic mass is 10.1. The second-order valence-electron chi connectivity index (χ2n) is 3.98. The molecule has 1 saturated carbocycles. The Morgan fingerprint density at radius 2 is 2.21 bits per heavy atom. The van der Waals surface area contributed by atoms with Crippen molar-refractivity contribution in [3.63, 3.8) is 0 Å². The molecule has 1 aromatic carbocycles. The molecule has 0 unspecified atom stereocenters. The fraction of sp³-hybridized carbons (Fsp3) is 0.500. The topological polar surface area (TPSA) is 35.2 Å². The van der Waals surface area contributed by atoms with Crippen LogP contribution >= 0.6 is 0 Å². The molecular formula is C12H17NO. The third-order valence-electron chi connectivity index (χ3n) is 2.65. The highest BCUT2D eigenvalue weighted by molar-refractivity contribution is 5.54. The molecule has 0 heterocycles. The van der Waals surface area contributed by atoms with Crippen molar-refractivity contribution in [1.29, 1.82) is 0 Å². The molecule has 0 spiro atoms. The number of nitrogens with two attached hydrogens (primary N) is 1. The normalized spacial score (nSPS) is 15.5. The first kappa shape index (κ1) is 9.38. The molecule has 2 heteroatoms. The smallest absolute Gasteiger partial charge is 0.142 e. The molecule has 0 saturated heterocycles. The number of hydrogen-bond donors (Lipinski definition) is 1. The van der Waals surface area contributed by atoms with Crippen LogP contribution in [0.1, 0.15) is 25.3 Å². The van der Waals surface area contributed by atoms with E-state index in [0.29, 0.717) is 0 Å². The van der Waals surface area contributed by atoms with Crippen LogP contribution in [0.3, 0.4) is 0 Å². The zero-order valence-corrected chi connectivity index (χ0v) is 8.62. The molecule has 0 radical (unpaired) electrons. The van der Waals surface area contributed by atoms with Crippen LogP contribution in [0, 0.1) is 5.92 Å². The van der Waals surface area contributed by atoms with Crippen molar-refractivity contribution in [2.75, 3.05) is 12.3 Å². The highest BCUT2D eigenvalue weighted by Crippen LogP contribution is 2.31. The quantitative estimate of drug-likeness (QED) is 0.742. The van der Waals surface area contributed by atoms with Gasteiger partial charge in [0, 0.05) is 0 Å². The standard InChI is InChI=1S/C12H17NO/c1-2-9-5-6-12(11(13)7-9)14-8-10-3-4-10/h5-7,10H,2-4,8,13H2,1H3. The molecular weight excluding hydrogens is 174 g/mol. The van der Waals surface area contributed by atoms with Crippen LogP contribution in [-0.2, 0) is 6.42 Å². The van der Waals surface area contributed by atoms with E-state index in [-0.39, 0.29) is 0 Å². The van der Waals surface area contributed by atoms with Gasteiger partial charge in [-0.1, -0.05) is 13.0 Å². The van der Waals surface area contributed by atoms with Crippen molar-refractivity contribution in [1.82, 2.24) is 0 Å². The van der Waals surface area contributed by atoms with E-state index in [1.54, 1.807) is 0 Å². The lowest BCUT2D eigenvalue weighted by Gasteiger charge is -2.09. The molecule has 1 fully saturated rings. The Labute approximate surface area is 85.1 Å². The predicted octanol–water partition coefficient (Wildman–Crippen LogP) is 2.62. The lowest BCUT2D eigenvalue weighted by Crippen LogP contribution is -2.02. The summed E-state index contributed by atoms with van der Waals surface area (Å²) in [6.45, 7) is 2.95. The number of nitrogen functional groups attached to an aromatic ring is 1. The molecule has 1 aliphatic rings. The molecule has 1 aliphatic carbocycles. The van der Waals surface area contributed by atoms with Crippen LogP contribution in [0.15, 0.2) is 18.2 Å². The van der Waals surface area contributed by atoms with Gasteiger partial charge < -0.3 is 10.5 Å². The number of hydrogen-bond acceptors (Lipinski definition) is 2. The van der Waals surface area contributed by atoms with Gasteiger partial charge in [0.25, 0.3) is 0 Å². The minimum Gasteiger partial charge on any atom is -0.491 e. The van der Waals surface area contributed by atoms with Gasteiger partial charge in [-0.15, -0.1) is 0 Å². The molecule has 2 rings (SSSR count). The van der Waals surface area contributed by atoms with Crippen LogP contribution < -0.4 is 10.5 Å². The van der Waals surface area contributed by atoms with E-state index in [0.717, 1.165) is 30.4 Å². The number of benzene rings is 1. The van der Waals surface area contributed by atoms with Gasteiger partial charge >= 0.3 is 0 Å². The molecule has 76 valence electrons. The molecule has 0 atom stereocenters. The largest absolute Gasteiger partial charge is 0.491 e. The highest BCUT2D eigenvalue weighted by atomic mass is 16.5. The Bertz CT molecular complexity index is 318. The average Bonchev–Trinajstić information content (AvgIpc) is 2.99. The van der Waals surface area contributed by atoms with Crippen molar-refractivity contribution in [3.8, 4) is 5.75 Å². The third kappa shape index (κ3) is 2.19. The summed E-state index contributed by atoms with van der Waals surface area (Å²) < 4.78 is 5.64. The van der Waals surface area contributed by atoms with Crippen molar-refractivity contribution >= 4 is 5.69 Å². The first-order valence-corrected chi connectivity index (χ1v) is 5.30. The number of aryl methyl sites for hydroxylation is 1. The first-order valence-electron chi connectivity index (χ1n) is 5.30. The van der Waals surface area contributed by atoms with E-state index in [4.69, 9.17) is 10.5 Å². The molecule has 0 aliphatic heterocycles. The Balaban J connectivity index is 2.01. The van der Waals surface area contributed by atoms with Gasteiger partial charge in [0.15, 0.2) is 0 Å². The maximum absolute atomic E-state index is 5.88. The minimum atomic E-state index is 0.769. The summed E-state index contributed by atoms with van der Waals surface area (Å²) in [5, 5.41) is 0. The van der Waals surface area contributed by atoms with Crippen molar-refractivity contribution in [2.24, 2.45) is 5.92 Å². The fourth-order valence-corrected chi connectivity index (χ4v) is 1.44. The maximum Gasteiger partial charge on any atom is 0.142 e. The Morgan fingerprint density at radius 3 is 2.79 bits per heavy atom. The number of rotatable bonds is 4. The van der Waals surface area contributed by atoms with E-state index >= 15 is 0 Å². The highest BCUT2D eigenvalue weighted by Gasteiger charge is 2.22.